The van der Waals surface area contributed by atoms with Crippen LogP contribution in [0.25, 0.3) is 11.3 Å². The summed E-state index contributed by atoms with van der Waals surface area (Å²) in [6, 6.07) is 1.73. The van der Waals surface area contributed by atoms with Crippen molar-refractivity contribution in [1.82, 2.24) is 25.1 Å². The van der Waals surface area contributed by atoms with Crippen molar-refractivity contribution in [2.45, 2.75) is 20.4 Å². The van der Waals surface area contributed by atoms with Crippen LogP contribution in [0.5, 0.6) is 0 Å². The lowest BCUT2D eigenvalue weighted by Gasteiger charge is -2.07. The molecule has 3 rings (SSSR count). The minimum Gasteiger partial charge on any atom is -0.466 e. The molecular formula is C16H17N5O2. The molecule has 0 fully saturated rings. The number of carbonyl (C=O) groups excluding carboxylic acids is 1. The van der Waals surface area contributed by atoms with Gasteiger partial charge in [-0.25, -0.2) is 0 Å². The van der Waals surface area contributed by atoms with Crippen LogP contribution < -0.4 is 5.32 Å². The highest BCUT2D eigenvalue weighted by molar-refractivity contribution is 5.95. The molecule has 0 atom stereocenters. The lowest BCUT2D eigenvalue weighted by atomic mass is 10.2. The van der Waals surface area contributed by atoms with E-state index in [4.69, 9.17) is 4.42 Å². The van der Waals surface area contributed by atoms with E-state index in [9.17, 15) is 4.79 Å². The van der Waals surface area contributed by atoms with E-state index in [1.54, 1.807) is 36.3 Å². The largest absolute Gasteiger partial charge is 0.466 e. The molecule has 1 amide bonds. The van der Waals surface area contributed by atoms with Gasteiger partial charge in [-0.15, -0.1) is 0 Å². The van der Waals surface area contributed by atoms with Gasteiger partial charge in [0.25, 0.3) is 5.91 Å². The summed E-state index contributed by atoms with van der Waals surface area (Å²) in [5, 5.41) is 7.00. The van der Waals surface area contributed by atoms with Gasteiger partial charge in [0.15, 0.2) is 0 Å². The number of furan rings is 1. The molecule has 0 saturated heterocycles. The van der Waals surface area contributed by atoms with Crippen molar-refractivity contribution in [2.24, 2.45) is 7.05 Å². The summed E-state index contributed by atoms with van der Waals surface area (Å²) in [6.07, 6.45) is 6.81. The maximum Gasteiger partial charge on any atom is 0.255 e. The molecule has 0 aliphatic rings. The maximum absolute atomic E-state index is 12.3. The Morgan fingerprint density at radius 3 is 2.74 bits per heavy atom. The van der Waals surface area contributed by atoms with Gasteiger partial charge in [0.2, 0.25) is 0 Å². The van der Waals surface area contributed by atoms with Crippen molar-refractivity contribution in [2.75, 3.05) is 0 Å². The monoisotopic (exact) mass is 311 g/mol. The standard InChI is InChI=1S/C16H17N5O2/c1-10-6-13(11(2)23-10)16(22)19-8-14-15(18-5-4-17-14)12-7-20-21(3)9-12/h4-7,9H,8H2,1-3H3,(H,19,22). The van der Waals surface area contributed by atoms with Crippen LogP contribution in [0.3, 0.4) is 0 Å². The zero-order valence-electron chi connectivity index (χ0n) is 13.2. The third kappa shape index (κ3) is 3.13. The topological polar surface area (TPSA) is 85.8 Å². The maximum atomic E-state index is 12.3. The van der Waals surface area contributed by atoms with Gasteiger partial charge in [0.1, 0.15) is 11.5 Å². The highest BCUT2D eigenvalue weighted by Gasteiger charge is 2.15. The Bertz CT molecular complexity index is 850. The van der Waals surface area contributed by atoms with Crippen LogP contribution in [0, 0.1) is 13.8 Å². The first-order valence-corrected chi connectivity index (χ1v) is 7.18. The molecule has 3 aromatic heterocycles. The molecule has 7 nitrogen and oxygen atoms in total. The van der Waals surface area contributed by atoms with Gasteiger partial charge < -0.3 is 9.73 Å². The number of rotatable bonds is 4. The zero-order valence-corrected chi connectivity index (χ0v) is 13.2. The second-order valence-electron chi connectivity index (χ2n) is 5.26. The van der Waals surface area contributed by atoms with Crippen LogP contribution in [0.4, 0.5) is 0 Å². The summed E-state index contributed by atoms with van der Waals surface area (Å²) >= 11 is 0. The Balaban J connectivity index is 1.79. The van der Waals surface area contributed by atoms with Gasteiger partial charge in [-0.3, -0.25) is 19.4 Å². The van der Waals surface area contributed by atoms with E-state index in [2.05, 4.69) is 20.4 Å². The second-order valence-corrected chi connectivity index (χ2v) is 5.26. The van der Waals surface area contributed by atoms with Gasteiger partial charge in [-0.2, -0.15) is 5.10 Å². The summed E-state index contributed by atoms with van der Waals surface area (Å²) in [6.45, 7) is 3.86. The molecular weight excluding hydrogens is 294 g/mol. The van der Waals surface area contributed by atoms with Gasteiger partial charge in [-0.05, 0) is 19.9 Å². The van der Waals surface area contributed by atoms with Crippen molar-refractivity contribution in [3.8, 4) is 11.3 Å². The molecule has 0 spiro atoms. The molecule has 7 heteroatoms. The van der Waals surface area contributed by atoms with Gasteiger partial charge in [0, 0.05) is 31.2 Å². The predicted molar refractivity (Wildman–Crippen MR) is 83.6 cm³/mol. The number of hydrogen-bond acceptors (Lipinski definition) is 5. The molecule has 3 heterocycles. The average molecular weight is 311 g/mol. The predicted octanol–water partition coefficient (Wildman–Crippen LogP) is 2.02. The number of aromatic nitrogens is 4. The molecule has 0 bridgehead atoms. The molecule has 3 aromatic rings. The van der Waals surface area contributed by atoms with E-state index in [1.165, 1.54) is 0 Å². The average Bonchev–Trinajstić information content (AvgIpc) is 3.10. The highest BCUT2D eigenvalue weighted by Crippen LogP contribution is 2.19. The van der Waals surface area contributed by atoms with Crippen molar-refractivity contribution >= 4 is 5.91 Å². The smallest absolute Gasteiger partial charge is 0.255 e. The Hall–Kier alpha value is -2.96. The lowest BCUT2D eigenvalue weighted by Crippen LogP contribution is -2.24. The van der Waals surface area contributed by atoms with Crippen LogP contribution >= 0.6 is 0 Å². The van der Waals surface area contributed by atoms with Crippen molar-refractivity contribution < 1.29 is 9.21 Å². The van der Waals surface area contributed by atoms with Gasteiger partial charge >= 0.3 is 0 Å². The molecule has 0 aromatic carbocycles. The van der Waals surface area contributed by atoms with E-state index in [1.807, 2.05) is 20.2 Å². The van der Waals surface area contributed by atoms with Crippen LogP contribution in [0.15, 0.2) is 35.3 Å². The van der Waals surface area contributed by atoms with Crippen molar-refractivity contribution in [3.05, 3.63) is 53.6 Å². The molecule has 0 unspecified atom stereocenters. The number of carbonyl (C=O) groups is 1. The molecule has 1 N–H and O–H groups in total. The summed E-state index contributed by atoms with van der Waals surface area (Å²) in [5.41, 5.74) is 2.79. The first-order chi connectivity index (χ1) is 11.0. The summed E-state index contributed by atoms with van der Waals surface area (Å²) in [5.74, 6) is 1.12. The third-order valence-corrected chi connectivity index (χ3v) is 3.45. The first kappa shape index (κ1) is 15.0. The Labute approximate surface area is 133 Å². The molecule has 118 valence electrons. The lowest BCUT2D eigenvalue weighted by molar-refractivity contribution is 0.0949. The summed E-state index contributed by atoms with van der Waals surface area (Å²) in [7, 11) is 1.84. The zero-order chi connectivity index (χ0) is 16.4. The second kappa shape index (κ2) is 6.04. The normalized spacial score (nSPS) is 10.7. The minimum absolute atomic E-state index is 0.192. The fourth-order valence-corrected chi connectivity index (χ4v) is 2.40. The number of aryl methyl sites for hydroxylation is 3. The minimum atomic E-state index is -0.192. The fraction of sp³-hybridized carbons (Fsp3) is 0.250. The van der Waals surface area contributed by atoms with E-state index in [0.29, 0.717) is 28.5 Å². The van der Waals surface area contributed by atoms with E-state index >= 15 is 0 Å². The van der Waals surface area contributed by atoms with Gasteiger partial charge in [-0.1, -0.05) is 0 Å². The van der Waals surface area contributed by atoms with E-state index in [0.717, 1.165) is 5.56 Å². The molecule has 0 aliphatic heterocycles. The van der Waals surface area contributed by atoms with Crippen LogP contribution in [-0.2, 0) is 13.6 Å². The van der Waals surface area contributed by atoms with Crippen LogP contribution in [0.1, 0.15) is 27.6 Å². The van der Waals surface area contributed by atoms with Crippen molar-refractivity contribution in [1.29, 1.82) is 0 Å². The molecule has 0 radical (unpaired) electrons. The molecule has 0 saturated carbocycles. The fourth-order valence-electron chi connectivity index (χ4n) is 2.40. The summed E-state index contributed by atoms with van der Waals surface area (Å²) < 4.78 is 7.08. The van der Waals surface area contributed by atoms with E-state index < -0.39 is 0 Å². The number of amides is 1. The molecule has 23 heavy (non-hydrogen) atoms. The molecule has 0 aliphatic carbocycles. The highest BCUT2D eigenvalue weighted by atomic mass is 16.3. The number of nitrogens with one attached hydrogen (secondary N) is 1. The van der Waals surface area contributed by atoms with E-state index in [-0.39, 0.29) is 12.5 Å². The van der Waals surface area contributed by atoms with Crippen molar-refractivity contribution in [3.63, 3.8) is 0 Å². The Kier molecular flexibility index (Phi) is 3.92. The van der Waals surface area contributed by atoms with Crippen LogP contribution in [0.2, 0.25) is 0 Å². The quantitative estimate of drug-likeness (QED) is 0.796. The number of nitrogens with zero attached hydrogens (tertiary/aromatic N) is 4. The van der Waals surface area contributed by atoms with Crippen LogP contribution in [-0.4, -0.2) is 25.7 Å². The first-order valence-electron chi connectivity index (χ1n) is 7.18. The van der Waals surface area contributed by atoms with Gasteiger partial charge in [0.05, 0.1) is 29.7 Å². The Morgan fingerprint density at radius 1 is 1.30 bits per heavy atom. The summed E-state index contributed by atoms with van der Waals surface area (Å²) in [4.78, 5) is 20.9. The third-order valence-electron chi connectivity index (χ3n) is 3.45. The Morgan fingerprint density at radius 2 is 2.09 bits per heavy atom. The SMILES string of the molecule is Cc1cc(C(=O)NCc2nccnc2-c2cnn(C)c2)c(C)o1. The number of hydrogen-bond donors (Lipinski definition) is 1.